The molecular weight excluding hydrogens is 472 g/mol. The van der Waals surface area contributed by atoms with Crippen LogP contribution in [0.25, 0.3) is 21.4 Å². The van der Waals surface area contributed by atoms with Crippen LogP contribution in [0.4, 0.5) is 5.88 Å². The zero-order valence-corrected chi connectivity index (χ0v) is 21.7. The number of anilines is 1. The third-order valence-electron chi connectivity index (χ3n) is 5.88. The van der Waals surface area contributed by atoms with E-state index in [-0.39, 0.29) is 11.1 Å². The van der Waals surface area contributed by atoms with E-state index in [0.29, 0.717) is 39.3 Å². The van der Waals surface area contributed by atoms with E-state index in [1.165, 1.54) is 24.8 Å². The minimum Gasteiger partial charge on any atom is -0.439 e. The summed E-state index contributed by atoms with van der Waals surface area (Å²) in [6.07, 6.45) is 9.10. The van der Waals surface area contributed by atoms with Crippen LogP contribution in [0.5, 0.6) is 0 Å². The predicted molar refractivity (Wildman–Crippen MR) is 151 cm³/mol. The van der Waals surface area contributed by atoms with E-state index in [4.69, 9.17) is 9.83 Å². The topological polar surface area (TPSA) is 113 Å². The molecule has 0 saturated carbocycles. The van der Waals surface area contributed by atoms with Crippen LogP contribution < -0.4 is 16.1 Å². The number of hydrogen-bond acceptors (Lipinski definition) is 8. The summed E-state index contributed by atoms with van der Waals surface area (Å²) in [5, 5.41) is 10.6. The van der Waals surface area contributed by atoms with Gasteiger partial charge in [-0.15, -0.1) is 11.3 Å². The first-order valence-electron chi connectivity index (χ1n) is 12.0. The molecular formula is C28H32N4O3S. The minimum atomic E-state index is -0.0194. The smallest absolute Gasteiger partial charge is 0.204 e. The van der Waals surface area contributed by atoms with Crippen molar-refractivity contribution in [3.8, 4) is 11.1 Å². The van der Waals surface area contributed by atoms with Gasteiger partial charge in [0.25, 0.3) is 0 Å². The maximum absolute atomic E-state index is 12.8. The van der Waals surface area contributed by atoms with Gasteiger partial charge in [0.2, 0.25) is 5.43 Å². The Bertz CT molecular complexity index is 1360. The van der Waals surface area contributed by atoms with E-state index in [2.05, 4.69) is 15.6 Å². The summed E-state index contributed by atoms with van der Waals surface area (Å²) in [6, 6.07) is 9.08. The molecule has 4 rings (SSSR count). The van der Waals surface area contributed by atoms with Crippen molar-refractivity contribution < 1.29 is 9.21 Å². The van der Waals surface area contributed by atoms with Crippen LogP contribution in [-0.4, -0.2) is 37.8 Å². The number of aldehydes is 1. The molecule has 3 N–H and O–H groups in total. The summed E-state index contributed by atoms with van der Waals surface area (Å²) in [4.78, 5) is 30.7. The second-order valence-electron chi connectivity index (χ2n) is 8.08. The number of hydrogen-bond donors (Lipinski definition) is 2. The Morgan fingerprint density at radius 3 is 2.44 bits per heavy atom. The molecule has 0 amide bonds. The van der Waals surface area contributed by atoms with E-state index in [9.17, 15) is 9.59 Å². The summed E-state index contributed by atoms with van der Waals surface area (Å²) in [7, 11) is 1.50. The SMILES string of the molecule is CN.C\C=C/N=C(C(=N)c1ccc(-c2csc3c(=O)cc(N4CCCCC4)oc23)cc1)\C(C=O)=C/C. The van der Waals surface area contributed by atoms with Gasteiger partial charge in [-0.05, 0) is 45.7 Å². The third kappa shape index (κ3) is 5.78. The van der Waals surface area contributed by atoms with Crippen LogP contribution in [0.15, 0.2) is 73.8 Å². The summed E-state index contributed by atoms with van der Waals surface area (Å²) >= 11 is 1.39. The second-order valence-corrected chi connectivity index (χ2v) is 8.96. The summed E-state index contributed by atoms with van der Waals surface area (Å²) < 4.78 is 6.86. The van der Waals surface area contributed by atoms with Crippen molar-refractivity contribution in [2.75, 3.05) is 25.0 Å². The largest absolute Gasteiger partial charge is 0.439 e. The van der Waals surface area contributed by atoms with Crippen LogP contribution in [0.1, 0.15) is 38.7 Å². The van der Waals surface area contributed by atoms with Crippen molar-refractivity contribution >= 4 is 45.2 Å². The van der Waals surface area contributed by atoms with Crippen LogP contribution in [0.3, 0.4) is 0 Å². The lowest BCUT2D eigenvalue weighted by Gasteiger charge is -2.26. The molecule has 0 aliphatic carbocycles. The van der Waals surface area contributed by atoms with Crippen molar-refractivity contribution in [3.63, 3.8) is 0 Å². The maximum Gasteiger partial charge on any atom is 0.204 e. The minimum absolute atomic E-state index is 0.0194. The Hall–Kier alpha value is -3.62. The highest BCUT2D eigenvalue weighted by Crippen LogP contribution is 2.35. The molecule has 0 atom stereocenters. The fraction of sp³-hybridized carbons (Fsp3) is 0.286. The molecule has 8 heteroatoms. The Balaban J connectivity index is 0.00000176. The number of carbonyl (C=O) groups excluding carboxylic acids is 1. The molecule has 0 unspecified atom stereocenters. The van der Waals surface area contributed by atoms with Crippen molar-refractivity contribution in [2.45, 2.75) is 33.1 Å². The number of aliphatic imine (C=N–C) groups is 1. The van der Waals surface area contributed by atoms with Crippen LogP contribution in [0, 0.1) is 5.41 Å². The fourth-order valence-electron chi connectivity index (χ4n) is 4.05. The van der Waals surface area contributed by atoms with Crippen LogP contribution in [0.2, 0.25) is 0 Å². The number of carbonyl (C=O) groups is 1. The van der Waals surface area contributed by atoms with Gasteiger partial charge in [-0.3, -0.25) is 20.0 Å². The van der Waals surface area contributed by atoms with Gasteiger partial charge in [0, 0.05) is 47.4 Å². The normalized spacial score (nSPS) is 14.6. The molecule has 0 radical (unpaired) electrons. The average molecular weight is 505 g/mol. The lowest BCUT2D eigenvalue weighted by molar-refractivity contribution is -0.104. The van der Waals surface area contributed by atoms with Gasteiger partial charge in [-0.2, -0.15) is 0 Å². The lowest BCUT2D eigenvalue weighted by Crippen LogP contribution is -2.29. The highest BCUT2D eigenvalue weighted by Gasteiger charge is 2.19. The zero-order valence-electron chi connectivity index (χ0n) is 20.9. The highest BCUT2D eigenvalue weighted by atomic mass is 32.1. The number of benzene rings is 1. The second kappa shape index (κ2) is 12.9. The maximum atomic E-state index is 12.8. The highest BCUT2D eigenvalue weighted by molar-refractivity contribution is 7.17. The molecule has 0 spiro atoms. The molecule has 3 heterocycles. The molecule has 7 nitrogen and oxygen atoms in total. The van der Waals surface area contributed by atoms with E-state index in [1.807, 2.05) is 36.6 Å². The molecule has 1 aromatic carbocycles. The number of fused-ring (bicyclic) bond motifs is 1. The summed E-state index contributed by atoms with van der Waals surface area (Å²) in [6.45, 7) is 5.38. The summed E-state index contributed by atoms with van der Waals surface area (Å²) in [5.41, 5.74) is 8.34. The Labute approximate surface area is 215 Å². The monoisotopic (exact) mass is 504 g/mol. The average Bonchev–Trinajstić information content (AvgIpc) is 3.37. The van der Waals surface area contributed by atoms with Crippen molar-refractivity contribution in [2.24, 2.45) is 10.7 Å². The molecule has 1 fully saturated rings. The van der Waals surface area contributed by atoms with Gasteiger partial charge in [-0.1, -0.05) is 36.4 Å². The Kier molecular flexibility index (Phi) is 9.67. The quantitative estimate of drug-likeness (QED) is 0.248. The van der Waals surface area contributed by atoms with Crippen LogP contribution in [-0.2, 0) is 4.79 Å². The molecule has 0 bridgehead atoms. The first-order chi connectivity index (χ1) is 17.6. The third-order valence-corrected chi connectivity index (χ3v) is 6.86. The number of nitrogens with zero attached hydrogens (tertiary/aromatic N) is 2. The van der Waals surface area contributed by atoms with Gasteiger partial charge in [0.1, 0.15) is 4.70 Å². The predicted octanol–water partition coefficient (Wildman–Crippen LogP) is 5.57. The van der Waals surface area contributed by atoms with Crippen molar-refractivity contribution in [1.82, 2.24) is 0 Å². The molecule has 1 aliphatic heterocycles. The summed E-state index contributed by atoms with van der Waals surface area (Å²) in [5.74, 6) is 0.632. The molecule has 2 aromatic heterocycles. The lowest BCUT2D eigenvalue weighted by atomic mass is 9.98. The van der Waals surface area contributed by atoms with E-state index in [0.717, 1.165) is 37.1 Å². The van der Waals surface area contributed by atoms with Gasteiger partial charge in [0.05, 0.1) is 11.4 Å². The van der Waals surface area contributed by atoms with E-state index < -0.39 is 0 Å². The standard InChI is InChI=1S/C27H27N3O3S.CH5N/c1-3-12-29-25(18(4-2)16-31)24(28)20-10-8-19(9-11-20)21-17-34-27-22(32)15-23(33-26(21)27)30-13-6-5-7-14-30;1-2/h3-4,8-12,15-17,28H,5-7,13-14H2,1-2H3;2H2,1H3/b12-3-,18-4-,28-24?,29-25+;. The van der Waals surface area contributed by atoms with Gasteiger partial charge >= 0.3 is 0 Å². The number of allylic oxidation sites excluding steroid dienone is 3. The molecule has 1 aliphatic rings. The Morgan fingerprint density at radius 2 is 1.83 bits per heavy atom. The van der Waals surface area contributed by atoms with Gasteiger partial charge in [-0.25, -0.2) is 0 Å². The van der Waals surface area contributed by atoms with Crippen molar-refractivity contribution in [1.29, 1.82) is 5.41 Å². The number of rotatable bonds is 7. The first-order valence-corrected chi connectivity index (χ1v) is 12.8. The number of nitrogens with two attached hydrogens (primary N) is 1. The van der Waals surface area contributed by atoms with E-state index in [1.54, 1.807) is 31.3 Å². The van der Waals surface area contributed by atoms with Gasteiger partial charge < -0.3 is 15.1 Å². The zero-order chi connectivity index (χ0) is 26.1. The van der Waals surface area contributed by atoms with E-state index >= 15 is 0 Å². The first kappa shape index (κ1) is 27.0. The fourth-order valence-corrected chi connectivity index (χ4v) is 4.96. The van der Waals surface area contributed by atoms with Crippen LogP contribution >= 0.6 is 11.3 Å². The van der Waals surface area contributed by atoms with Gasteiger partial charge in [0.15, 0.2) is 17.8 Å². The molecule has 36 heavy (non-hydrogen) atoms. The number of thiophene rings is 1. The molecule has 3 aromatic rings. The Morgan fingerprint density at radius 1 is 1.14 bits per heavy atom. The number of piperidine rings is 1. The number of nitrogens with one attached hydrogen (secondary N) is 1. The van der Waals surface area contributed by atoms with Crippen molar-refractivity contribution in [3.05, 3.63) is 75.4 Å². The molecule has 188 valence electrons. The molecule has 1 saturated heterocycles.